The predicted octanol–water partition coefficient (Wildman–Crippen LogP) is 2.56. The topological polar surface area (TPSA) is 67.9 Å². The van der Waals surface area contributed by atoms with Crippen LogP contribution in [-0.4, -0.2) is 50.1 Å². The largest absolute Gasteiger partial charge is 0.497 e. The summed E-state index contributed by atoms with van der Waals surface area (Å²) in [7, 11) is 1.42. The fraction of sp³-hybridized carbons (Fsp3) is 0.263. The zero-order valence-electron chi connectivity index (χ0n) is 14.3. The quantitative estimate of drug-likeness (QED) is 0.912. The van der Waals surface area contributed by atoms with Crippen molar-refractivity contribution in [1.82, 2.24) is 4.90 Å². The number of morpholine rings is 1. The number of nitrogens with one attached hydrogen (secondary N) is 1. The van der Waals surface area contributed by atoms with Crippen molar-refractivity contribution in [3.63, 3.8) is 0 Å². The molecule has 136 valence electrons. The van der Waals surface area contributed by atoms with Crippen LogP contribution in [0.3, 0.4) is 0 Å². The van der Waals surface area contributed by atoms with Gasteiger partial charge in [0.15, 0.2) is 0 Å². The summed E-state index contributed by atoms with van der Waals surface area (Å²) < 4.78 is 24.1. The number of anilines is 1. The first-order valence-corrected chi connectivity index (χ1v) is 8.20. The number of hydrogen-bond acceptors (Lipinski definition) is 4. The first-order chi connectivity index (χ1) is 12.6. The molecular formula is C19H19FN2O4. The van der Waals surface area contributed by atoms with Crippen molar-refractivity contribution in [3.8, 4) is 5.75 Å². The van der Waals surface area contributed by atoms with Gasteiger partial charge >= 0.3 is 0 Å². The summed E-state index contributed by atoms with van der Waals surface area (Å²) in [6.45, 7) is 2.20. The number of rotatable bonds is 4. The standard InChI is InChI=1S/C19H19FN2O4/c1-25-15-6-7-16(17(20)12-15)18(23)21-14-4-2-13(3-5-14)19(24)22-8-10-26-11-9-22/h2-7,12H,8-11H2,1H3,(H,21,23). The van der Waals surface area contributed by atoms with E-state index in [4.69, 9.17) is 9.47 Å². The predicted molar refractivity (Wildman–Crippen MR) is 94.1 cm³/mol. The molecule has 0 unspecified atom stereocenters. The number of benzene rings is 2. The van der Waals surface area contributed by atoms with Crippen LogP contribution in [-0.2, 0) is 4.74 Å². The van der Waals surface area contributed by atoms with Crippen molar-refractivity contribution in [3.05, 3.63) is 59.4 Å². The Balaban J connectivity index is 1.67. The second-order valence-electron chi connectivity index (χ2n) is 5.78. The zero-order valence-corrected chi connectivity index (χ0v) is 14.3. The fourth-order valence-electron chi connectivity index (χ4n) is 2.65. The second kappa shape index (κ2) is 7.97. The van der Waals surface area contributed by atoms with Crippen molar-refractivity contribution in [2.75, 3.05) is 38.7 Å². The highest BCUT2D eigenvalue weighted by molar-refractivity contribution is 6.04. The summed E-state index contributed by atoms with van der Waals surface area (Å²) in [5.74, 6) is -0.976. The Hall–Kier alpha value is -2.93. The van der Waals surface area contributed by atoms with Gasteiger partial charge in [0.05, 0.1) is 25.9 Å². The minimum absolute atomic E-state index is 0.0765. The third kappa shape index (κ3) is 4.00. The fourth-order valence-corrected chi connectivity index (χ4v) is 2.65. The van der Waals surface area contributed by atoms with E-state index in [9.17, 15) is 14.0 Å². The molecular weight excluding hydrogens is 339 g/mol. The molecule has 1 aliphatic heterocycles. The van der Waals surface area contributed by atoms with Gasteiger partial charge in [-0.25, -0.2) is 4.39 Å². The van der Waals surface area contributed by atoms with Gasteiger partial charge < -0.3 is 19.7 Å². The number of ether oxygens (including phenoxy) is 2. The summed E-state index contributed by atoms with van der Waals surface area (Å²) in [5.41, 5.74) is 0.920. The summed E-state index contributed by atoms with van der Waals surface area (Å²) in [6.07, 6.45) is 0. The highest BCUT2D eigenvalue weighted by atomic mass is 19.1. The highest BCUT2D eigenvalue weighted by Gasteiger charge is 2.18. The van der Waals surface area contributed by atoms with Crippen LogP contribution < -0.4 is 10.1 Å². The van der Waals surface area contributed by atoms with Crippen molar-refractivity contribution >= 4 is 17.5 Å². The van der Waals surface area contributed by atoms with E-state index in [2.05, 4.69) is 5.32 Å². The Morgan fingerprint density at radius 3 is 2.42 bits per heavy atom. The Labute approximate surface area is 150 Å². The number of methoxy groups -OCH3 is 1. The third-order valence-corrected chi connectivity index (χ3v) is 4.11. The molecule has 0 atom stereocenters. The molecule has 0 saturated carbocycles. The third-order valence-electron chi connectivity index (χ3n) is 4.11. The van der Waals surface area contributed by atoms with Crippen molar-refractivity contribution < 1.29 is 23.5 Å². The molecule has 0 radical (unpaired) electrons. The molecule has 6 nitrogen and oxygen atoms in total. The van der Waals surface area contributed by atoms with Crippen LogP contribution in [0.25, 0.3) is 0 Å². The first kappa shape index (κ1) is 17.9. The van der Waals surface area contributed by atoms with Crippen LogP contribution in [0.4, 0.5) is 10.1 Å². The molecule has 0 spiro atoms. The summed E-state index contributed by atoms with van der Waals surface area (Å²) in [5, 5.41) is 2.62. The smallest absolute Gasteiger partial charge is 0.258 e. The van der Waals surface area contributed by atoms with Crippen LogP contribution in [0.5, 0.6) is 5.75 Å². The Kier molecular flexibility index (Phi) is 5.48. The molecule has 1 N–H and O–H groups in total. The molecule has 7 heteroatoms. The van der Waals surface area contributed by atoms with Gasteiger partial charge in [-0.05, 0) is 36.4 Å². The number of amides is 2. The molecule has 0 bridgehead atoms. The molecule has 2 aromatic rings. The molecule has 2 amide bonds. The van der Waals surface area contributed by atoms with Gasteiger partial charge in [0, 0.05) is 30.4 Å². The molecule has 26 heavy (non-hydrogen) atoms. The minimum Gasteiger partial charge on any atom is -0.497 e. The SMILES string of the molecule is COc1ccc(C(=O)Nc2ccc(C(=O)N3CCOCC3)cc2)c(F)c1. The van der Waals surface area contributed by atoms with Gasteiger partial charge in [0.2, 0.25) is 0 Å². The van der Waals surface area contributed by atoms with Crippen LogP contribution in [0.2, 0.25) is 0 Å². The van der Waals surface area contributed by atoms with E-state index >= 15 is 0 Å². The van der Waals surface area contributed by atoms with Crippen molar-refractivity contribution in [2.24, 2.45) is 0 Å². The van der Waals surface area contributed by atoms with E-state index in [1.807, 2.05) is 0 Å². The average molecular weight is 358 g/mol. The van der Waals surface area contributed by atoms with E-state index in [0.29, 0.717) is 43.3 Å². The summed E-state index contributed by atoms with van der Waals surface area (Å²) >= 11 is 0. The molecule has 1 saturated heterocycles. The molecule has 1 fully saturated rings. The monoisotopic (exact) mass is 358 g/mol. The van der Waals surface area contributed by atoms with E-state index in [0.717, 1.165) is 6.07 Å². The van der Waals surface area contributed by atoms with Gasteiger partial charge in [-0.2, -0.15) is 0 Å². The maximum Gasteiger partial charge on any atom is 0.258 e. The molecule has 1 heterocycles. The number of carbonyl (C=O) groups excluding carboxylic acids is 2. The van der Waals surface area contributed by atoms with Crippen LogP contribution in [0, 0.1) is 5.82 Å². The molecule has 3 rings (SSSR count). The van der Waals surface area contributed by atoms with Crippen molar-refractivity contribution in [1.29, 1.82) is 0 Å². The van der Waals surface area contributed by atoms with Gasteiger partial charge in [-0.3, -0.25) is 9.59 Å². The Morgan fingerprint density at radius 2 is 1.81 bits per heavy atom. The maximum absolute atomic E-state index is 14.0. The second-order valence-corrected chi connectivity index (χ2v) is 5.78. The van der Waals surface area contributed by atoms with Gasteiger partial charge in [-0.1, -0.05) is 0 Å². The van der Waals surface area contributed by atoms with E-state index in [-0.39, 0.29) is 11.5 Å². The number of nitrogens with zero attached hydrogens (tertiary/aromatic N) is 1. The van der Waals surface area contributed by atoms with Crippen LogP contribution in [0.1, 0.15) is 20.7 Å². The summed E-state index contributed by atoms with van der Waals surface area (Å²) in [6, 6.07) is 10.5. The van der Waals surface area contributed by atoms with E-state index in [1.165, 1.54) is 19.2 Å². The average Bonchev–Trinajstić information content (AvgIpc) is 2.68. The lowest BCUT2D eigenvalue weighted by Crippen LogP contribution is -2.40. The lowest BCUT2D eigenvalue weighted by molar-refractivity contribution is 0.0303. The Bertz CT molecular complexity index is 802. The molecule has 2 aromatic carbocycles. The van der Waals surface area contributed by atoms with Gasteiger partial charge in [0.1, 0.15) is 11.6 Å². The van der Waals surface area contributed by atoms with Gasteiger partial charge in [-0.15, -0.1) is 0 Å². The number of hydrogen-bond donors (Lipinski definition) is 1. The molecule has 0 aromatic heterocycles. The number of carbonyl (C=O) groups is 2. The zero-order chi connectivity index (χ0) is 18.5. The Morgan fingerprint density at radius 1 is 1.12 bits per heavy atom. The molecule has 1 aliphatic rings. The van der Waals surface area contributed by atoms with Crippen molar-refractivity contribution in [2.45, 2.75) is 0 Å². The maximum atomic E-state index is 14.0. The van der Waals surface area contributed by atoms with Gasteiger partial charge in [0.25, 0.3) is 11.8 Å². The minimum atomic E-state index is -0.666. The van der Waals surface area contributed by atoms with Crippen LogP contribution in [0.15, 0.2) is 42.5 Å². The normalized spacial score (nSPS) is 14.0. The number of halogens is 1. The van der Waals surface area contributed by atoms with Crippen LogP contribution >= 0.6 is 0 Å². The lowest BCUT2D eigenvalue weighted by atomic mass is 10.1. The van der Waals surface area contributed by atoms with E-state index in [1.54, 1.807) is 29.2 Å². The first-order valence-electron chi connectivity index (χ1n) is 8.20. The summed E-state index contributed by atoms with van der Waals surface area (Å²) in [4.78, 5) is 26.3. The molecule has 0 aliphatic carbocycles. The lowest BCUT2D eigenvalue weighted by Gasteiger charge is -2.26. The van der Waals surface area contributed by atoms with E-state index < -0.39 is 11.7 Å². The highest BCUT2D eigenvalue weighted by Crippen LogP contribution is 2.18.